The van der Waals surface area contributed by atoms with Crippen LogP contribution in [0.4, 0.5) is 0 Å². The first-order chi connectivity index (χ1) is 7.45. The number of nitrogens with zero attached hydrogens (tertiary/aromatic N) is 1. The third-order valence-corrected chi connectivity index (χ3v) is 3.06. The fraction of sp³-hybridized carbons (Fsp3) is 0.667. The van der Waals surface area contributed by atoms with Crippen LogP contribution < -0.4 is 5.32 Å². The van der Waals surface area contributed by atoms with Gasteiger partial charge < -0.3 is 15.2 Å². The average Bonchev–Trinajstić information content (AvgIpc) is 2.79. The summed E-state index contributed by atoms with van der Waals surface area (Å²) in [5.74, 6) is 0. The van der Waals surface area contributed by atoms with E-state index in [9.17, 15) is 0 Å². The molecule has 3 heteroatoms. The van der Waals surface area contributed by atoms with Gasteiger partial charge in [0.2, 0.25) is 0 Å². The third kappa shape index (κ3) is 3.68. The van der Waals surface area contributed by atoms with Crippen molar-refractivity contribution < 1.29 is 0 Å². The summed E-state index contributed by atoms with van der Waals surface area (Å²) < 4.78 is 0. The zero-order valence-electron chi connectivity index (χ0n) is 9.34. The Morgan fingerprint density at radius 2 is 2.07 bits per heavy atom. The maximum Gasteiger partial charge on any atom is 0.0107 e. The first-order valence-electron chi connectivity index (χ1n) is 6.00. The van der Waals surface area contributed by atoms with E-state index in [2.05, 4.69) is 27.5 Å². The fourth-order valence-electron chi connectivity index (χ4n) is 2.11. The monoisotopic (exact) mass is 207 g/mol. The minimum Gasteiger partial charge on any atom is -0.367 e. The zero-order valence-corrected chi connectivity index (χ0v) is 9.34. The molecule has 1 aromatic heterocycles. The van der Waals surface area contributed by atoms with Gasteiger partial charge in [0.1, 0.15) is 0 Å². The molecule has 0 aliphatic carbocycles. The number of unbranched alkanes of at least 4 members (excludes halogenated alkanes) is 1. The molecule has 0 atom stereocenters. The van der Waals surface area contributed by atoms with Crippen LogP contribution in [-0.2, 0) is 6.42 Å². The number of hydrogen-bond acceptors (Lipinski definition) is 2. The van der Waals surface area contributed by atoms with Crippen LogP contribution in [0.5, 0.6) is 0 Å². The van der Waals surface area contributed by atoms with Crippen molar-refractivity contribution in [2.45, 2.75) is 19.3 Å². The molecule has 0 unspecified atom stereocenters. The maximum absolute atomic E-state index is 3.38. The zero-order chi connectivity index (χ0) is 10.3. The highest BCUT2D eigenvalue weighted by Gasteiger charge is 2.07. The van der Waals surface area contributed by atoms with Gasteiger partial charge in [-0.25, -0.2) is 0 Å². The molecule has 0 radical (unpaired) electrons. The van der Waals surface area contributed by atoms with Crippen molar-refractivity contribution in [2.24, 2.45) is 0 Å². The average molecular weight is 207 g/mol. The lowest BCUT2D eigenvalue weighted by Crippen LogP contribution is -2.43. The quantitative estimate of drug-likeness (QED) is 0.712. The van der Waals surface area contributed by atoms with E-state index in [4.69, 9.17) is 0 Å². The predicted molar refractivity (Wildman–Crippen MR) is 63.0 cm³/mol. The Kier molecular flexibility index (Phi) is 4.23. The van der Waals surface area contributed by atoms with Gasteiger partial charge in [0.25, 0.3) is 0 Å². The minimum atomic E-state index is 1.16. The van der Waals surface area contributed by atoms with Crippen molar-refractivity contribution in [1.29, 1.82) is 0 Å². The van der Waals surface area contributed by atoms with Gasteiger partial charge in [-0.15, -0.1) is 0 Å². The molecule has 2 rings (SSSR count). The third-order valence-electron chi connectivity index (χ3n) is 3.06. The lowest BCUT2D eigenvalue weighted by Gasteiger charge is -2.26. The number of piperazine rings is 1. The van der Waals surface area contributed by atoms with E-state index in [1.807, 2.05) is 6.20 Å². The van der Waals surface area contributed by atoms with Gasteiger partial charge in [-0.3, -0.25) is 0 Å². The Balaban J connectivity index is 1.54. The number of H-pyrrole nitrogens is 1. The number of hydrogen-bond donors (Lipinski definition) is 2. The lowest BCUT2D eigenvalue weighted by atomic mass is 10.1. The molecular weight excluding hydrogens is 186 g/mol. The summed E-state index contributed by atoms with van der Waals surface area (Å²) in [6.45, 7) is 6.05. The summed E-state index contributed by atoms with van der Waals surface area (Å²) in [5.41, 5.74) is 1.44. The van der Waals surface area contributed by atoms with Crippen LogP contribution in [0.2, 0.25) is 0 Å². The Morgan fingerprint density at radius 1 is 1.20 bits per heavy atom. The van der Waals surface area contributed by atoms with Gasteiger partial charge in [-0.1, -0.05) is 0 Å². The largest absolute Gasteiger partial charge is 0.367 e. The van der Waals surface area contributed by atoms with Crippen LogP contribution >= 0.6 is 0 Å². The van der Waals surface area contributed by atoms with Gasteiger partial charge in [0, 0.05) is 38.6 Å². The van der Waals surface area contributed by atoms with Crippen molar-refractivity contribution in [3.05, 3.63) is 24.0 Å². The number of aromatic amines is 1. The molecule has 15 heavy (non-hydrogen) atoms. The molecule has 0 saturated carbocycles. The van der Waals surface area contributed by atoms with E-state index < -0.39 is 0 Å². The van der Waals surface area contributed by atoms with E-state index in [-0.39, 0.29) is 0 Å². The molecular formula is C12H21N3. The summed E-state index contributed by atoms with van der Waals surface area (Å²) in [5, 5.41) is 3.38. The molecule has 1 aliphatic heterocycles. The van der Waals surface area contributed by atoms with E-state index in [0.29, 0.717) is 0 Å². The molecule has 0 bridgehead atoms. The molecule has 2 heterocycles. The van der Waals surface area contributed by atoms with Crippen LogP contribution in [0.1, 0.15) is 18.4 Å². The predicted octanol–water partition coefficient (Wildman–Crippen LogP) is 1.24. The molecule has 1 aliphatic rings. The highest BCUT2D eigenvalue weighted by molar-refractivity contribution is 5.07. The van der Waals surface area contributed by atoms with Crippen molar-refractivity contribution >= 4 is 0 Å². The van der Waals surface area contributed by atoms with E-state index in [0.717, 1.165) is 13.1 Å². The van der Waals surface area contributed by atoms with Crippen LogP contribution in [-0.4, -0.2) is 42.6 Å². The smallest absolute Gasteiger partial charge is 0.0107 e. The molecule has 2 N–H and O–H groups in total. The number of aryl methyl sites for hydroxylation is 1. The van der Waals surface area contributed by atoms with Gasteiger partial charge >= 0.3 is 0 Å². The van der Waals surface area contributed by atoms with Crippen LogP contribution in [0.3, 0.4) is 0 Å². The maximum atomic E-state index is 3.38. The summed E-state index contributed by atoms with van der Waals surface area (Å²) in [6, 6.07) is 2.17. The molecule has 84 valence electrons. The molecule has 0 amide bonds. The second-order valence-corrected chi connectivity index (χ2v) is 4.27. The SMILES string of the molecule is c1cc(CCCCN2CCNCC2)c[nH]1. The van der Waals surface area contributed by atoms with Crippen molar-refractivity contribution in [3.63, 3.8) is 0 Å². The Morgan fingerprint density at radius 3 is 2.80 bits per heavy atom. The number of aromatic nitrogens is 1. The lowest BCUT2D eigenvalue weighted by molar-refractivity contribution is 0.237. The molecule has 3 nitrogen and oxygen atoms in total. The molecule has 1 aromatic rings. The fourth-order valence-corrected chi connectivity index (χ4v) is 2.11. The van der Waals surface area contributed by atoms with Gasteiger partial charge in [0.15, 0.2) is 0 Å². The molecule has 0 aromatic carbocycles. The van der Waals surface area contributed by atoms with E-state index >= 15 is 0 Å². The summed E-state index contributed by atoms with van der Waals surface area (Å²) in [4.78, 5) is 5.66. The van der Waals surface area contributed by atoms with Crippen LogP contribution in [0, 0.1) is 0 Å². The van der Waals surface area contributed by atoms with Gasteiger partial charge in [-0.2, -0.15) is 0 Å². The Bertz CT molecular complexity index is 250. The van der Waals surface area contributed by atoms with Crippen molar-refractivity contribution in [3.8, 4) is 0 Å². The first-order valence-corrected chi connectivity index (χ1v) is 6.00. The summed E-state index contributed by atoms with van der Waals surface area (Å²) in [6.07, 6.45) is 7.96. The number of rotatable bonds is 5. The molecule has 1 fully saturated rings. The highest BCUT2D eigenvalue weighted by Crippen LogP contribution is 2.04. The molecule has 0 spiro atoms. The highest BCUT2D eigenvalue weighted by atomic mass is 15.2. The van der Waals surface area contributed by atoms with E-state index in [1.54, 1.807) is 0 Å². The molecule has 1 saturated heterocycles. The van der Waals surface area contributed by atoms with Gasteiger partial charge in [0.05, 0.1) is 0 Å². The topological polar surface area (TPSA) is 31.1 Å². The van der Waals surface area contributed by atoms with Crippen molar-refractivity contribution in [2.75, 3.05) is 32.7 Å². The first kappa shape index (κ1) is 10.7. The van der Waals surface area contributed by atoms with Gasteiger partial charge in [-0.05, 0) is 37.4 Å². The normalized spacial score (nSPS) is 18.1. The van der Waals surface area contributed by atoms with Crippen LogP contribution in [0.25, 0.3) is 0 Å². The Hall–Kier alpha value is -0.800. The van der Waals surface area contributed by atoms with Crippen LogP contribution in [0.15, 0.2) is 18.5 Å². The minimum absolute atomic E-state index is 1.16. The summed E-state index contributed by atoms with van der Waals surface area (Å²) >= 11 is 0. The van der Waals surface area contributed by atoms with Crippen molar-refractivity contribution in [1.82, 2.24) is 15.2 Å². The number of nitrogens with one attached hydrogen (secondary N) is 2. The second-order valence-electron chi connectivity index (χ2n) is 4.27. The summed E-state index contributed by atoms with van der Waals surface area (Å²) in [7, 11) is 0. The Labute approximate surface area is 91.9 Å². The van der Waals surface area contributed by atoms with E-state index in [1.165, 1.54) is 44.5 Å². The standard InChI is InChI=1S/C12H21N3/c1(3-12-4-5-14-11-12)2-8-15-9-6-13-7-10-15/h4-5,11,13-14H,1-3,6-10H2. The second kappa shape index (κ2) is 5.93.